The Labute approximate surface area is 101 Å². The van der Waals surface area contributed by atoms with Gasteiger partial charge in [0.1, 0.15) is 0 Å². The molecule has 0 spiro atoms. The summed E-state index contributed by atoms with van der Waals surface area (Å²) in [5, 5.41) is 11.0. The van der Waals surface area contributed by atoms with Crippen molar-refractivity contribution >= 4 is 5.52 Å². The standard InChI is InChI=1S/C12H19N5/c1-10(2)15-4-3-13-7-11-8-16-17-6-5-14-9-12(11)17/h5-6,8-10,13,15H,3-4,7H2,1-2H3. The van der Waals surface area contributed by atoms with Gasteiger partial charge in [-0.2, -0.15) is 5.10 Å². The van der Waals surface area contributed by atoms with Gasteiger partial charge in [-0.3, -0.25) is 4.98 Å². The maximum absolute atomic E-state index is 4.27. The van der Waals surface area contributed by atoms with E-state index in [1.54, 1.807) is 6.20 Å². The number of hydrogen-bond acceptors (Lipinski definition) is 4. The zero-order valence-corrected chi connectivity index (χ0v) is 10.3. The summed E-state index contributed by atoms with van der Waals surface area (Å²) < 4.78 is 1.84. The minimum atomic E-state index is 0.540. The predicted molar refractivity (Wildman–Crippen MR) is 67.8 cm³/mol. The van der Waals surface area contributed by atoms with Crippen LogP contribution >= 0.6 is 0 Å². The van der Waals surface area contributed by atoms with Crippen LogP contribution in [0.1, 0.15) is 19.4 Å². The molecule has 0 aliphatic rings. The van der Waals surface area contributed by atoms with Crippen molar-refractivity contribution in [1.82, 2.24) is 25.2 Å². The van der Waals surface area contributed by atoms with Crippen LogP contribution in [0.25, 0.3) is 5.52 Å². The summed E-state index contributed by atoms with van der Waals surface area (Å²) in [5.41, 5.74) is 2.25. The normalized spacial score (nSPS) is 11.5. The van der Waals surface area contributed by atoms with E-state index >= 15 is 0 Å². The fourth-order valence-corrected chi connectivity index (χ4v) is 1.69. The van der Waals surface area contributed by atoms with Crippen LogP contribution in [0.2, 0.25) is 0 Å². The first kappa shape index (κ1) is 12.0. The van der Waals surface area contributed by atoms with E-state index in [2.05, 4.69) is 34.6 Å². The molecule has 0 radical (unpaired) electrons. The third kappa shape index (κ3) is 3.25. The largest absolute Gasteiger partial charge is 0.313 e. The lowest BCUT2D eigenvalue weighted by atomic mass is 10.3. The van der Waals surface area contributed by atoms with Gasteiger partial charge in [0.25, 0.3) is 0 Å². The quantitative estimate of drug-likeness (QED) is 0.725. The van der Waals surface area contributed by atoms with Crippen molar-refractivity contribution in [3.8, 4) is 0 Å². The smallest absolute Gasteiger partial charge is 0.0889 e. The van der Waals surface area contributed by atoms with Gasteiger partial charge in [0, 0.05) is 43.6 Å². The van der Waals surface area contributed by atoms with Gasteiger partial charge in [-0.25, -0.2) is 4.52 Å². The fraction of sp³-hybridized carbons (Fsp3) is 0.500. The zero-order chi connectivity index (χ0) is 12.1. The van der Waals surface area contributed by atoms with Crippen molar-refractivity contribution in [1.29, 1.82) is 0 Å². The maximum Gasteiger partial charge on any atom is 0.0889 e. The number of nitrogens with one attached hydrogen (secondary N) is 2. The average Bonchev–Trinajstić information content (AvgIpc) is 2.72. The number of rotatable bonds is 6. The van der Waals surface area contributed by atoms with Crippen LogP contribution < -0.4 is 10.6 Å². The van der Waals surface area contributed by atoms with Crippen molar-refractivity contribution < 1.29 is 0 Å². The van der Waals surface area contributed by atoms with Crippen molar-refractivity contribution in [2.45, 2.75) is 26.4 Å². The van der Waals surface area contributed by atoms with Gasteiger partial charge >= 0.3 is 0 Å². The Morgan fingerprint density at radius 2 is 2.18 bits per heavy atom. The molecule has 17 heavy (non-hydrogen) atoms. The molecule has 0 amide bonds. The zero-order valence-electron chi connectivity index (χ0n) is 10.3. The summed E-state index contributed by atoms with van der Waals surface area (Å²) in [6.45, 7) is 7.06. The maximum atomic E-state index is 4.27. The van der Waals surface area contributed by atoms with E-state index in [-0.39, 0.29) is 0 Å². The van der Waals surface area contributed by atoms with Gasteiger partial charge in [0.2, 0.25) is 0 Å². The van der Waals surface area contributed by atoms with Crippen molar-refractivity contribution in [3.63, 3.8) is 0 Å². The molecule has 5 heteroatoms. The second-order valence-corrected chi connectivity index (χ2v) is 4.36. The molecule has 0 aliphatic heterocycles. The molecular weight excluding hydrogens is 214 g/mol. The van der Waals surface area contributed by atoms with Gasteiger partial charge in [-0.15, -0.1) is 0 Å². The second kappa shape index (κ2) is 5.75. The molecule has 0 atom stereocenters. The third-order valence-electron chi connectivity index (χ3n) is 2.57. The van der Waals surface area contributed by atoms with Gasteiger partial charge in [0.15, 0.2) is 0 Å². The molecule has 2 rings (SSSR count). The SMILES string of the molecule is CC(C)NCCNCc1cnn2ccncc12. The first-order valence-electron chi connectivity index (χ1n) is 5.97. The summed E-state index contributed by atoms with van der Waals surface area (Å²) in [4.78, 5) is 4.11. The van der Waals surface area contributed by atoms with Gasteiger partial charge < -0.3 is 10.6 Å². The first-order chi connectivity index (χ1) is 8.27. The summed E-state index contributed by atoms with van der Waals surface area (Å²) in [6, 6.07) is 0.540. The van der Waals surface area contributed by atoms with Gasteiger partial charge in [-0.05, 0) is 0 Å². The highest BCUT2D eigenvalue weighted by Gasteiger charge is 2.02. The Balaban J connectivity index is 1.83. The molecule has 2 N–H and O–H groups in total. The topological polar surface area (TPSA) is 54.2 Å². The van der Waals surface area contributed by atoms with Crippen LogP contribution in [-0.4, -0.2) is 33.7 Å². The number of fused-ring (bicyclic) bond motifs is 1. The molecular formula is C12H19N5. The lowest BCUT2D eigenvalue weighted by Crippen LogP contribution is -2.31. The Kier molecular flexibility index (Phi) is 4.06. The molecule has 0 aliphatic carbocycles. The number of aromatic nitrogens is 3. The monoisotopic (exact) mass is 233 g/mol. The Morgan fingerprint density at radius 1 is 1.29 bits per heavy atom. The molecule has 2 aromatic heterocycles. The molecule has 0 saturated heterocycles. The predicted octanol–water partition coefficient (Wildman–Crippen LogP) is 0.817. The van der Waals surface area contributed by atoms with Gasteiger partial charge in [0.05, 0.1) is 17.9 Å². The Morgan fingerprint density at radius 3 is 3.00 bits per heavy atom. The molecule has 5 nitrogen and oxygen atoms in total. The minimum Gasteiger partial charge on any atom is -0.313 e. The van der Waals surface area contributed by atoms with Crippen LogP contribution in [0, 0.1) is 0 Å². The molecule has 2 aromatic rings. The first-order valence-corrected chi connectivity index (χ1v) is 5.97. The lowest BCUT2D eigenvalue weighted by molar-refractivity contribution is 0.556. The van der Waals surface area contributed by atoms with Crippen molar-refractivity contribution in [3.05, 3.63) is 30.4 Å². The highest BCUT2D eigenvalue weighted by molar-refractivity contribution is 5.51. The molecule has 0 unspecified atom stereocenters. The van der Waals surface area contributed by atoms with Gasteiger partial charge in [-0.1, -0.05) is 13.8 Å². The van der Waals surface area contributed by atoms with E-state index < -0.39 is 0 Å². The fourth-order valence-electron chi connectivity index (χ4n) is 1.69. The summed E-state index contributed by atoms with van der Waals surface area (Å²) in [7, 11) is 0. The van der Waals surface area contributed by atoms with Crippen molar-refractivity contribution in [2.75, 3.05) is 13.1 Å². The van der Waals surface area contributed by atoms with E-state index in [0.717, 1.165) is 25.2 Å². The molecule has 0 bridgehead atoms. The average molecular weight is 233 g/mol. The van der Waals surface area contributed by atoms with E-state index in [0.29, 0.717) is 6.04 Å². The second-order valence-electron chi connectivity index (χ2n) is 4.36. The Bertz CT molecular complexity index is 463. The molecule has 0 saturated carbocycles. The number of hydrogen-bond donors (Lipinski definition) is 2. The lowest BCUT2D eigenvalue weighted by Gasteiger charge is -2.08. The summed E-state index contributed by atoms with van der Waals surface area (Å²) in [5.74, 6) is 0. The Hall–Kier alpha value is -1.46. The summed E-state index contributed by atoms with van der Waals surface area (Å²) >= 11 is 0. The molecule has 0 aromatic carbocycles. The van der Waals surface area contributed by atoms with Crippen molar-refractivity contribution in [2.24, 2.45) is 0 Å². The third-order valence-corrected chi connectivity index (χ3v) is 2.57. The number of nitrogens with zero attached hydrogens (tertiary/aromatic N) is 3. The highest BCUT2D eigenvalue weighted by Crippen LogP contribution is 2.07. The van der Waals surface area contributed by atoms with Crippen LogP contribution in [-0.2, 0) is 6.54 Å². The molecule has 2 heterocycles. The van der Waals surface area contributed by atoms with Crippen LogP contribution in [0.15, 0.2) is 24.8 Å². The molecule has 92 valence electrons. The van der Waals surface area contributed by atoms with Crippen LogP contribution in [0.4, 0.5) is 0 Å². The van der Waals surface area contributed by atoms with E-state index in [1.807, 2.05) is 23.1 Å². The van der Waals surface area contributed by atoms with Crippen LogP contribution in [0.3, 0.4) is 0 Å². The van der Waals surface area contributed by atoms with E-state index in [1.165, 1.54) is 5.56 Å². The van der Waals surface area contributed by atoms with E-state index in [9.17, 15) is 0 Å². The summed E-state index contributed by atoms with van der Waals surface area (Å²) in [6.07, 6.45) is 7.33. The highest BCUT2D eigenvalue weighted by atomic mass is 15.2. The minimum absolute atomic E-state index is 0.540. The van der Waals surface area contributed by atoms with Crippen LogP contribution in [0.5, 0.6) is 0 Å². The van der Waals surface area contributed by atoms with E-state index in [4.69, 9.17) is 0 Å². The molecule has 0 fully saturated rings.